The van der Waals surface area contributed by atoms with E-state index in [1.807, 2.05) is 42.5 Å². The van der Waals surface area contributed by atoms with Crippen molar-refractivity contribution in [1.82, 2.24) is 19.3 Å². The molecule has 172 valence electrons. The van der Waals surface area contributed by atoms with Gasteiger partial charge in [0.05, 0.1) is 22.3 Å². The maximum Gasteiger partial charge on any atom is 0.245 e. The first-order valence-corrected chi connectivity index (χ1v) is 12.1. The Kier molecular flexibility index (Phi) is 6.20. The summed E-state index contributed by atoms with van der Waals surface area (Å²) in [5.41, 5.74) is 3.49. The molecule has 3 N–H and O–H groups in total. The van der Waals surface area contributed by atoms with Crippen LogP contribution in [0, 0.1) is 0 Å². The minimum absolute atomic E-state index is 0.0820. The molecule has 9 heteroatoms. The van der Waals surface area contributed by atoms with Crippen LogP contribution >= 0.6 is 0 Å². The first-order valence-electron chi connectivity index (χ1n) is 10.6. The summed E-state index contributed by atoms with van der Waals surface area (Å²) < 4.78 is 30.0. The Labute approximate surface area is 193 Å². The number of aliphatic hydroxyl groups excluding tert-OH is 1. The quantitative estimate of drug-likeness (QED) is 0.384. The fraction of sp³-hybridized carbons (Fsp3) is 0.250. The number of fused-ring (bicyclic) bond motifs is 1. The SMILES string of the molecule is CC(C)(C)NS(=O)(=O)c1cccc(-c2ccc3cnc(Nc4cccc(CCO)c4)nn23)c1. The second-order valence-corrected chi connectivity index (χ2v) is 10.5. The van der Waals surface area contributed by atoms with Gasteiger partial charge in [-0.25, -0.2) is 22.6 Å². The fourth-order valence-electron chi connectivity index (χ4n) is 3.52. The van der Waals surface area contributed by atoms with E-state index in [1.165, 1.54) is 0 Å². The van der Waals surface area contributed by atoms with Gasteiger partial charge in [-0.3, -0.25) is 0 Å². The highest BCUT2D eigenvalue weighted by Crippen LogP contribution is 2.25. The van der Waals surface area contributed by atoms with Crippen molar-refractivity contribution in [3.8, 4) is 11.3 Å². The van der Waals surface area contributed by atoms with E-state index in [0.717, 1.165) is 28.0 Å². The van der Waals surface area contributed by atoms with Crippen LogP contribution in [0.4, 0.5) is 11.6 Å². The molecule has 2 aromatic carbocycles. The molecule has 2 heterocycles. The first kappa shape index (κ1) is 22.9. The Morgan fingerprint density at radius 3 is 2.58 bits per heavy atom. The Bertz CT molecular complexity index is 1390. The molecule has 4 rings (SSSR count). The van der Waals surface area contributed by atoms with Crippen LogP contribution in [0.2, 0.25) is 0 Å². The third kappa shape index (κ3) is 5.39. The number of hydrogen-bond donors (Lipinski definition) is 3. The molecule has 0 amide bonds. The van der Waals surface area contributed by atoms with Crippen molar-refractivity contribution in [3.63, 3.8) is 0 Å². The smallest absolute Gasteiger partial charge is 0.245 e. The lowest BCUT2D eigenvalue weighted by Gasteiger charge is -2.20. The van der Waals surface area contributed by atoms with Gasteiger partial charge >= 0.3 is 0 Å². The van der Waals surface area contributed by atoms with E-state index >= 15 is 0 Å². The summed E-state index contributed by atoms with van der Waals surface area (Å²) in [5.74, 6) is 0.402. The molecule has 8 nitrogen and oxygen atoms in total. The average Bonchev–Trinajstić information content (AvgIpc) is 3.16. The van der Waals surface area contributed by atoms with Crippen molar-refractivity contribution in [2.24, 2.45) is 0 Å². The summed E-state index contributed by atoms with van der Waals surface area (Å²) in [7, 11) is -3.66. The van der Waals surface area contributed by atoms with E-state index in [0.29, 0.717) is 12.4 Å². The van der Waals surface area contributed by atoms with Crippen LogP contribution in [0.5, 0.6) is 0 Å². The van der Waals surface area contributed by atoms with Gasteiger partial charge in [-0.1, -0.05) is 24.3 Å². The molecule has 0 aliphatic heterocycles. The van der Waals surface area contributed by atoms with Crippen LogP contribution in [0.1, 0.15) is 26.3 Å². The zero-order valence-electron chi connectivity index (χ0n) is 18.8. The van der Waals surface area contributed by atoms with Gasteiger partial charge in [0.2, 0.25) is 16.0 Å². The summed E-state index contributed by atoms with van der Waals surface area (Å²) >= 11 is 0. The topological polar surface area (TPSA) is 109 Å². The van der Waals surface area contributed by atoms with Crippen LogP contribution in [0.15, 0.2) is 71.8 Å². The number of anilines is 2. The first-order chi connectivity index (χ1) is 15.6. The van der Waals surface area contributed by atoms with Gasteiger partial charge in [0.1, 0.15) is 0 Å². The Morgan fingerprint density at radius 2 is 1.82 bits per heavy atom. The summed E-state index contributed by atoms with van der Waals surface area (Å²) in [6.45, 7) is 5.50. The number of aliphatic hydroxyl groups is 1. The minimum atomic E-state index is -3.66. The normalized spacial score (nSPS) is 12.2. The lowest BCUT2D eigenvalue weighted by Crippen LogP contribution is -2.40. The van der Waals surface area contributed by atoms with Crippen LogP contribution in [0.3, 0.4) is 0 Å². The van der Waals surface area contributed by atoms with E-state index in [-0.39, 0.29) is 11.5 Å². The fourth-order valence-corrected chi connectivity index (χ4v) is 4.99. The van der Waals surface area contributed by atoms with Gasteiger partial charge in [-0.15, -0.1) is 5.10 Å². The molecule has 0 aliphatic carbocycles. The van der Waals surface area contributed by atoms with Crippen molar-refractivity contribution in [2.75, 3.05) is 11.9 Å². The van der Waals surface area contributed by atoms with Crippen molar-refractivity contribution >= 4 is 27.2 Å². The largest absolute Gasteiger partial charge is 0.396 e. The molecule has 33 heavy (non-hydrogen) atoms. The standard InChI is InChI=1S/C24H27N5O3S/c1-24(2,3)28-33(31,32)21-9-5-7-18(15-21)22-11-10-20-16-25-23(27-29(20)22)26-19-8-4-6-17(14-19)12-13-30/h4-11,14-16,28,30H,12-13H2,1-3H3,(H,26,27). The molecule has 0 saturated heterocycles. The molecule has 0 bridgehead atoms. The number of hydrogen-bond acceptors (Lipinski definition) is 6. The van der Waals surface area contributed by atoms with Crippen LogP contribution < -0.4 is 10.0 Å². The van der Waals surface area contributed by atoms with Gasteiger partial charge in [0, 0.05) is 23.4 Å². The third-order valence-corrected chi connectivity index (χ3v) is 6.62. The lowest BCUT2D eigenvalue weighted by molar-refractivity contribution is 0.299. The number of aromatic nitrogens is 3. The molecule has 0 atom stereocenters. The monoisotopic (exact) mass is 465 g/mol. The predicted octanol–water partition coefficient (Wildman–Crippen LogP) is 3.75. The number of nitrogens with zero attached hydrogens (tertiary/aromatic N) is 3. The summed E-state index contributed by atoms with van der Waals surface area (Å²) in [5, 5.41) is 17.0. The van der Waals surface area contributed by atoms with Crippen molar-refractivity contribution in [3.05, 3.63) is 72.4 Å². The molecule has 0 saturated carbocycles. The van der Waals surface area contributed by atoms with Crippen LogP contribution in [-0.4, -0.2) is 40.3 Å². The zero-order chi connectivity index (χ0) is 23.6. The molecular formula is C24H27N5O3S. The van der Waals surface area contributed by atoms with Crippen molar-refractivity contribution < 1.29 is 13.5 Å². The van der Waals surface area contributed by atoms with Gasteiger partial charge in [0.15, 0.2) is 0 Å². The molecule has 0 aliphatic rings. The van der Waals surface area contributed by atoms with Gasteiger partial charge in [-0.2, -0.15) is 0 Å². The molecule has 0 unspecified atom stereocenters. The van der Waals surface area contributed by atoms with E-state index in [9.17, 15) is 8.42 Å². The van der Waals surface area contributed by atoms with Crippen LogP contribution in [-0.2, 0) is 16.4 Å². The highest BCUT2D eigenvalue weighted by Gasteiger charge is 2.22. The molecule has 4 aromatic rings. The highest BCUT2D eigenvalue weighted by atomic mass is 32.2. The molecular weight excluding hydrogens is 438 g/mol. The van der Waals surface area contributed by atoms with E-state index in [2.05, 4.69) is 20.1 Å². The number of benzene rings is 2. The minimum Gasteiger partial charge on any atom is -0.396 e. The van der Waals surface area contributed by atoms with E-state index < -0.39 is 15.6 Å². The van der Waals surface area contributed by atoms with Gasteiger partial charge in [-0.05, 0) is 69.2 Å². The average molecular weight is 466 g/mol. The predicted molar refractivity (Wildman–Crippen MR) is 129 cm³/mol. The van der Waals surface area contributed by atoms with Gasteiger partial charge < -0.3 is 10.4 Å². The summed E-state index contributed by atoms with van der Waals surface area (Å²) in [6.07, 6.45) is 2.28. The maximum atomic E-state index is 12.8. The molecule has 0 spiro atoms. The van der Waals surface area contributed by atoms with E-state index in [4.69, 9.17) is 5.11 Å². The lowest BCUT2D eigenvalue weighted by atomic mass is 10.1. The second-order valence-electron chi connectivity index (χ2n) is 8.82. The maximum absolute atomic E-state index is 12.8. The Balaban J connectivity index is 1.68. The number of sulfonamides is 1. The summed E-state index contributed by atoms with van der Waals surface area (Å²) in [4.78, 5) is 4.58. The molecule has 2 aromatic heterocycles. The van der Waals surface area contributed by atoms with Crippen molar-refractivity contribution in [1.29, 1.82) is 0 Å². The summed E-state index contributed by atoms with van der Waals surface area (Å²) in [6, 6.07) is 18.3. The van der Waals surface area contributed by atoms with Crippen LogP contribution in [0.25, 0.3) is 16.8 Å². The number of nitrogens with one attached hydrogen (secondary N) is 2. The zero-order valence-corrected chi connectivity index (χ0v) is 19.6. The van der Waals surface area contributed by atoms with Gasteiger partial charge in [0.25, 0.3) is 0 Å². The highest BCUT2D eigenvalue weighted by molar-refractivity contribution is 7.89. The van der Waals surface area contributed by atoms with Crippen molar-refractivity contribution in [2.45, 2.75) is 37.6 Å². The Morgan fingerprint density at radius 1 is 1.03 bits per heavy atom. The Hall–Kier alpha value is -3.27. The number of rotatable bonds is 7. The third-order valence-electron chi connectivity index (χ3n) is 4.86. The molecule has 0 fully saturated rings. The van der Waals surface area contributed by atoms with E-state index in [1.54, 1.807) is 49.7 Å². The second kappa shape index (κ2) is 8.93. The molecule has 0 radical (unpaired) electrons.